The Morgan fingerprint density at radius 2 is 1.50 bits per heavy atom. The number of hydroxylamine groups is 3. The van der Waals surface area contributed by atoms with Gasteiger partial charge in [-0.3, -0.25) is 0 Å². The quantitative estimate of drug-likeness (QED) is 0.359. The van der Waals surface area contributed by atoms with Gasteiger partial charge in [0.25, 0.3) is 0 Å². The summed E-state index contributed by atoms with van der Waals surface area (Å²) in [4.78, 5) is 0. The lowest BCUT2D eigenvalue weighted by Crippen LogP contribution is -2.34. The molecule has 3 nitrogen and oxygen atoms in total. The van der Waals surface area contributed by atoms with E-state index in [0.717, 1.165) is 0 Å². The second-order valence-electron chi connectivity index (χ2n) is 3.41. The minimum Gasteiger partial charge on any atom is -0.204 e. The lowest BCUT2D eigenvalue weighted by molar-refractivity contribution is -1.04. The highest BCUT2D eigenvalue weighted by atomic mass is 31.2. The lowest BCUT2D eigenvalue weighted by atomic mass is 11.0. The summed E-state index contributed by atoms with van der Waals surface area (Å²) in [5, 5.41) is 0. The molecular formula is C6H18NO2P+2. The normalized spacial score (nSPS) is 13.8. The first-order valence-electron chi connectivity index (χ1n) is 3.19. The van der Waals surface area contributed by atoms with Crippen LogP contribution in [0.4, 0.5) is 0 Å². The third kappa shape index (κ3) is 5.12. The van der Waals surface area contributed by atoms with E-state index in [-0.39, 0.29) is 0 Å². The summed E-state index contributed by atoms with van der Waals surface area (Å²) in [6.45, 7) is 3.99. The molecule has 0 rings (SSSR count). The Morgan fingerprint density at radius 3 is 1.60 bits per heavy atom. The van der Waals surface area contributed by atoms with Crippen molar-refractivity contribution in [3.05, 3.63) is 0 Å². The van der Waals surface area contributed by atoms with Gasteiger partial charge in [0.2, 0.25) is 0 Å². The van der Waals surface area contributed by atoms with E-state index in [4.69, 9.17) is 9.15 Å². The zero-order chi connectivity index (χ0) is 8.41. The number of rotatable bonds is 3. The van der Waals surface area contributed by atoms with Crippen LogP contribution in [0, 0.1) is 0 Å². The van der Waals surface area contributed by atoms with Crippen LogP contribution in [-0.4, -0.2) is 46.2 Å². The molecular weight excluding hydrogens is 149 g/mol. The van der Waals surface area contributed by atoms with Crippen molar-refractivity contribution in [2.75, 3.05) is 41.6 Å². The van der Waals surface area contributed by atoms with Crippen LogP contribution < -0.4 is 0 Å². The van der Waals surface area contributed by atoms with Crippen LogP contribution in [0.5, 0.6) is 0 Å². The molecule has 0 unspecified atom stereocenters. The van der Waals surface area contributed by atoms with Crippen LogP contribution in [0.3, 0.4) is 0 Å². The Hall–Kier alpha value is 0.310. The first-order valence-corrected chi connectivity index (χ1v) is 5.71. The van der Waals surface area contributed by atoms with Crippen molar-refractivity contribution in [1.29, 1.82) is 0 Å². The molecule has 0 saturated heterocycles. The van der Waals surface area contributed by atoms with Crippen molar-refractivity contribution in [3.8, 4) is 0 Å². The van der Waals surface area contributed by atoms with E-state index in [0.29, 0.717) is 4.65 Å². The lowest BCUT2D eigenvalue weighted by Gasteiger charge is -2.22. The van der Waals surface area contributed by atoms with E-state index >= 15 is 0 Å². The third-order valence-electron chi connectivity index (χ3n) is 0.881. The molecule has 0 aromatic rings. The van der Waals surface area contributed by atoms with Gasteiger partial charge in [0.05, 0.1) is 7.11 Å². The predicted octanol–water partition coefficient (Wildman–Crippen LogP) is 1.38. The van der Waals surface area contributed by atoms with E-state index in [1.54, 1.807) is 7.11 Å². The zero-order valence-corrected chi connectivity index (χ0v) is 8.61. The summed E-state index contributed by atoms with van der Waals surface area (Å²) >= 11 is 0. The number of nitrogens with zero attached hydrogens (tertiary/aromatic N) is 1. The van der Waals surface area contributed by atoms with Gasteiger partial charge in [-0.15, -0.1) is 4.65 Å². The molecule has 0 saturated carbocycles. The second-order valence-corrected chi connectivity index (χ2v) is 6.44. The topological polar surface area (TPSA) is 18.5 Å². The van der Waals surface area contributed by atoms with Crippen LogP contribution >= 0.6 is 7.72 Å². The Morgan fingerprint density at radius 1 is 1.10 bits per heavy atom. The van der Waals surface area contributed by atoms with Gasteiger partial charge in [-0.05, 0) is 4.62 Å². The molecule has 62 valence electrons. The van der Waals surface area contributed by atoms with Gasteiger partial charge in [-0.1, -0.05) is 0 Å². The van der Waals surface area contributed by atoms with Gasteiger partial charge in [-0.25, -0.2) is 4.52 Å². The van der Waals surface area contributed by atoms with Gasteiger partial charge >= 0.3 is 7.72 Å². The smallest absolute Gasteiger partial charge is 0.204 e. The minimum absolute atomic E-state index is 0.495. The number of hydrogen-bond donors (Lipinski definition) is 0. The summed E-state index contributed by atoms with van der Waals surface area (Å²) in [6.07, 6.45) is 0. The Labute approximate surface area is 64.0 Å². The van der Waals surface area contributed by atoms with Crippen molar-refractivity contribution < 1.29 is 13.8 Å². The monoisotopic (exact) mass is 167 g/mol. The molecule has 0 aromatic heterocycles. The van der Waals surface area contributed by atoms with Crippen molar-refractivity contribution in [1.82, 2.24) is 0 Å². The molecule has 0 fully saturated rings. The first-order chi connectivity index (χ1) is 4.27. The Kier molecular flexibility index (Phi) is 3.24. The van der Waals surface area contributed by atoms with Crippen LogP contribution in [0.25, 0.3) is 0 Å². The van der Waals surface area contributed by atoms with Gasteiger partial charge in [0.15, 0.2) is 0 Å². The van der Waals surface area contributed by atoms with E-state index < -0.39 is 7.72 Å². The molecule has 0 aliphatic heterocycles. The fourth-order valence-corrected chi connectivity index (χ4v) is 1.87. The van der Waals surface area contributed by atoms with Crippen molar-refractivity contribution >= 4 is 7.72 Å². The maximum Gasteiger partial charge on any atom is 0.335 e. The van der Waals surface area contributed by atoms with Gasteiger partial charge in [0, 0.05) is 0 Å². The van der Waals surface area contributed by atoms with Crippen LogP contribution in [0.15, 0.2) is 0 Å². The number of hydrogen-bond acceptors (Lipinski definition) is 2. The fourth-order valence-electron chi connectivity index (χ4n) is 0.623. The summed E-state index contributed by atoms with van der Waals surface area (Å²) in [7, 11) is 6.03. The maximum atomic E-state index is 5.60. The van der Waals surface area contributed by atoms with Crippen molar-refractivity contribution in [2.45, 2.75) is 0 Å². The molecule has 0 spiro atoms. The third-order valence-corrected chi connectivity index (χ3v) is 2.64. The molecule has 0 atom stereocenters. The van der Waals surface area contributed by atoms with E-state index in [1.807, 2.05) is 34.5 Å². The highest BCUT2D eigenvalue weighted by molar-refractivity contribution is 7.64. The van der Waals surface area contributed by atoms with Gasteiger partial charge in [0.1, 0.15) is 34.5 Å². The Bertz CT molecular complexity index is 109. The molecule has 0 aromatic carbocycles. The highest BCUT2D eigenvalue weighted by Crippen LogP contribution is 2.53. The molecule has 10 heavy (non-hydrogen) atoms. The highest BCUT2D eigenvalue weighted by Gasteiger charge is 2.36. The number of quaternary nitrogens is 1. The molecule has 4 heteroatoms. The second kappa shape index (κ2) is 3.14. The minimum atomic E-state index is -1.57. The fraction of sp³-hybridized carbons (Fsp3) is 1.00. The molecule has 0 radical (unpaired) electrons. The van der Waals surface area contributed by atoms with E-state index in [1.165, 1.54) is 0 Å². The summed E-state index contributed by atoms with van der Waals surface area (Å²) < 4.78 is 11.3. The zero-order valence-electron chi connectivity index (χ0n) is 7.71. The van der Waals surface area contributed by atoms with E-state index in [9.17, 15) is 0 Å². The average molecular weight is 167 g/mol. The SMILES string of the molecule is CO[P+](C)(C)O[N+](C)(C)C. The summed E-state index contributed by atoms with van der Waals surface area (Å²) in [5.74, 6) is 0. The predicted molar refractivity (Wildman–Crippen MR) is 44.9 cm³/mol. The first kappa shape index (κ1) is 10.3. The average Bonchev–Trinajstić information content (AvgIpc) is 1.60. The van der Waals surface area contributed by atoms with E-state index in [2.05, 4.69) is 0 Å². The molecule has 0 aliphatic rings. The van der Waals surface area contributed by atoms with Crippen LogP contribution in [-0.2, 0) is 9.15 Å². The van der Waals surface area contributed by atoms with Gasteiger partial charge in [-0.2, -0.15) is 0 Å². The van der Waals surface area contributed by atoms with Crippen molar-refractivity contribution in [3.63, 3.8) is 0 Å². The van der Waals surface area contributed by atoms with Crippen molar-refractivity contribution in [2.24, 2.45) is 0 Å². The van der Waals surface area contributed by atoms with Crippen LogP contribution in [0.1, 0.15) is 0 Å². The van der Waals surface area contributed by atoms with Gasteiger partial charge < -0.3 is 0 Å². The maximum absolute atomic E-state index is 5.60. The standard InChI is InChI=1S/C6H18NO2P/c1-7(2,3)9-10(5,6)8-4/h1-6H3/q+2. The molecule has 0 heterocycles. The summed E-state index contributed by atoms with van der Waals surface area (Å²) in [6, 6.07) is 0. The molecule has 0 amide bonds. The molecule has 0 bridgehead atoms. The van der Waals surface area contributed by atoms with Crippen LogP contribution in [0.2, 0.25) is 0 Å². The molecule has 0 aliphatic carbocycles. The summed E-state index contributed by atoms with van der Waals surface area (Å²) in [5.41, 5.74) is 0. The Balaban J connectivity index is 3.89. The molecule has 0 N–H and O–H groups in total. The largest absolute Gasteiger partial charge is 0.335 e.